The van der Waals surface area contributed by atoms with E-state index in [1.54, 1.807) is 0 Å². The van der Waals surface area contributed by atoms with E-state index in [1.807, 2.05) is 21.1 Å². The van der Waals surface area contributed by atoms with Crippen LogP contribution < -0.4 is 4.89 Å². The Morgan fingerprint density at radius 1 is 0.330 bits per heavy atom. The molecule has 0 bridgehead atoms. The van der Waals surface area contributed by atoms with Crippen molar-refractivity contribution in [3.63, 3.8) is 0 Å². The Balaban J connectivity index is 4.01. The third-order valence-corrected chi connectivity index (χ3v) is 17.0. The first-order valence-electron chi connectivity index (χ1n) is 38.2. The third kappa shape index (κ3) is 76.6. The molecule has 0 aliphatic carbocycles. The van der Waals surface area contributed by atoms with Gasteiger partial charge in [-0.15, -0.1) is 0 Å². The summed E-state index contributed by atoms with van der Waals surface area (Å²) in [5.41, 5.74) is 0. The number of phosphoric acid groups is 1. The average molecular weight is 1330 g/mol. The van der Waals surface area contributed by atoms with E-state index < -0.39 is 26.5 Å². The standard InChI is InChI=1S/C84H142NO8P/c1-6-8-10-12-14-16-18-20-22-24-26-28-30-32-34-36-37-38-39-40-41-42-43-44-45-46-47-49-50-52-54-56-58-60-62-64-66-68-70-72-74-76-83(86)90-80-82(81-92-94(88,89)91-79-78-85(3,4)5)93-84(87)77-75-73-71-69-67-65-63-61-59-57-55-53-51-48-35-33-31-29-27-25-23-21-19-17-15-13-11-9-7-2/h8-11,14-17,20-23,26-29,32-35,51,53,57,59,63,65,82H,6-7,12-13,18-19,24-25,30-31,36-50,52,54-56,58,60-62,64,66-81H2,1-5H3/b10-8-,11-9-,16-14-,17-15-,22-20-,23-21-,28-26-,29-27-,34-32-,35-33-,53-51-,59-57-,65-63-. The SMILES string of the molecule is CC/C=C\C/C=C\C/C=C\C/C=C\C/C=C\C/C=C\C/C=C\C/C=C\CCCCCCC(=O)OC(COC(=O)CCCCCCCCCCCCCCCCCCCCCCCCCCC/C=C\C/C=C\C/C=C\C/C=C\C/C=C\CC)COP(=O)([O-])OCC[N+](C)(C)C. The molecule has 0 saturated carbocycles. The molecule has 0 N–H and O–H groups in total. The van der Waals surface area contributed by atoms with Crippen molar-refractivity contribution < 1.29 is 42.1 Å². The summed E-state index contributed by atoms with van der Waals surface area (Å²) < 4.78 is 34.3. The van der Waals surface area contributed by atoms with Gasteiger partial charge in [-0.2, -0.15) is 0 Å². The molecular weight excluding hydrogens is 1180 g/mol. The van der Waals surface area contributed by atoms with Crippen LogP contribution in [0.5, 0.6) is 0 Å². The van der Waals surface area contributed by atoms with Gasteiger partial charge in [0.1, 0.15) is 19.8 Å². The molecule has 536 valence electrons. The van der Waals surface area contributed by atoms with Crippen LogP contribution in [-0.4, -0.2) is 70.0 Å². The first-order chi connectivity index (χ1) is 46.0. The number of phosphoric ester groups is 1. The fraction of sp³-hybridized carbons (Fsp3) is 0.667. The summed E-state index contributed by atoms with van der Waals surface area (Å²) in [4.78, 5) is 38.1. The Hall–Kier alpha value is -4.37. The summed E-state index contributed by atoms with van der Waals surface area (Å²) in [5, 5.41) is 0. The minimum Gasteiger partial charge on any atom is -0.756 e. The largest absolute Gasteiger partial charge is 0.756 e. The Kier molecular flexibility index (Phi) is 69.5. The van der Waals surface area contributed by atoms with E-state index in [2.05, 4.69) is 172 Å². The maximum absolute atomic E-state index is 12.9. The van der Waals surface area contributed by atoms with E-state index in [9.17, 15) is 19.0 Å². The van der Waals surface area contributed by atoms with E-state index in [0.717, 1.165) is 128 Å². The van der Waals surface area contributed by atoms with Crippen LogP contribution in [0.1, 0.15) is 309 Å². The second-order valence-electron chi connectivity index (χ2n) is 26.3. The van der Waals surface area contributed by atoms with Crippen LogP contribution in [0.3, 0.4) is 0 Å². The summed E-state index contributed by atoms with van der Waals surface area (Å²) in [5.74, 6) is -0.861. The van der Waals surface area contributed by atoms with Crippen molar-refractivity contribution in [1.82, 2.24) is 0 Å². The van der Waals surface area contributed by atoms with E-state index >= 15 is 0 Å². The van der Waals surface area contributed by atoms with Gasteiger partial charge in [0.05, 0.1) is 27.7 Å². The highest BCUT2D eigenvalue weighted by Crippen LogP contribution is 2.38. The fourth-order valence-electron chi connectivity index (χ4n) is 10.3. The maximum Gasteiger partial charge on any atom is 0.306 e. The van der Waals surface area contributed by atoms with Gasteiger partial charge in [-0.25, -0.2) is 0 Å². The number of esters is 2. The van der Waals surface area contributed by atoms with E-state index in [0.29, 0.717) is 17.4 Å². The molecule has 2 unspecified atom stereocenters. The zero-order chi connectivity index (χ0) is 68.3. The van der Waals surface area contributed by atoms with E-state index in [-0.39, 0.29) is 32.0 Å². The molecule has 0 rings (SSSR count). The van der Waals surface area contributed by atoms with Gasteiger partial charge in [0, 0.05) is 12.8 Å². The molecule has 0 amide bonds. The maximum atomic E-state index is 12.9. The molecule has 0 heterocycles. The van der Waals surface area contributed by atoms with Crippen molar-refractivity contribution in [2.45, 2.75) is 315 Å². The Labute approximate surface area is 579 Å². The molecular formula is C84H142NO8P. The monoisotopic (exact) mass is 1320 g/mol. The predicted molar refractivity (Wildman–Crippen MR) is 406 cm³/mol. The molecule has 0 saturated heterocycles. The third-order valence-electron chi connectivity index (χ3n) is 16.0. The lowest BCUT2D eigenvalue weighted by molar-refractivity contribution is -0.870. The van der Waals surface area contributed by atoms with E-state index in [4.69, 9.17) is 18.5 Å². The normalized spacial score (nSPS) is 14.0. The van der Waals surface area contributed by atoms with Crippen LogP contribution in [0, 0.1) is 0 Å². The lowest BCUT2D eigenvalue weighted by Crippen LogP contribution is -2.37. The molecule has 2 atom stereocenters. The second-order valence-corrected chi connectivity index (χ2v) is 27.7. The lowest BCUT2D eigenvalue weighted by Gasteiger charge is -2.28. The van der Waals surface area contributed by atoms with Crippen molar-refractivity contribution in [2.75, 3.05) is 47.5 Å². The van der Waals surface area contributed by atoms with Gasteiger partial charge in [0.25, 0.3) is 7.82 Å². The number of carbonyl (C=O) groups is 2. The van der Waals surface area contributed by atoms with Crippen LogP contribution in [0.4, 0.5) is 0 Å². The number of quaternary nitrogens is 1. The number of hydrogen-bond acceptors (Lipinski definition) is 8. The number of rotatable bonds is 69. The minimum absolute atomic E-state index is 0.0423. The van der Waals surface area contributed by atoms with Crippen LogP contribution in [0.2, 0.25) is 0 Å². The highest BCUT2D eigenvalue weighted by Gasteiger charge is 2.22. The quantitative estimate of drug-likeness (QED) is 0.0195. The molecule has 0 fully saturated rings. The molecule has 0 radical (unpaired) electrons. The molecule has 0 aromatic carbocycles. The van der Waals surface area contributed by atoms with Gasteiger partial charge < -0.3 is 27.9 Å². The number of ether oxygens (including phenoxy) is 2. The summed E-state index contributed by atoms with van der Waals surface area (Å²) in [7, 11) is 1.14. The van der Waals surface area contributed by atoms with Crippen LogP contribution >= 0.6 is 7.82 Å². The van der Waals surface area contributed by atoms with Crippen molar-refractivity contribution >= 4 is 19.8 Å². The van der Waals surface area contributed by atoms with Crippen LogP contribution in [0.25, 0.3) is 0 Å². The van der Waals surface area contributed by atoms with Gasteiger partial charge in [-0.05, 0) is 122 Å². The molecule has 0 aliphatic rings. The number of unbranched alkanes of at least 4 members (excludes halogenated alkanes) is 29. The van der Waals surface area contributed by atoms with Crippen molar-refractivity contribution in [3.05, 3.63) is 158 Å². The summed E-state index contributed by atoms with van der Waals surface area (Å²) in [6.45, 7) is 3.99. The molecule has 10 heteroatoms. The van der Waals surface area contributed by atoms with Gasteiger partial charge in [0.15, 0.2) is 6.10 Å². The molecule has 0 aromatic heterocycles. The molecule has 0 aliphatic heterocycles. The first kappa shape index (κ1) is 89.6. The Morgan fingerprint density at radius 3 is 0.851 bits per heavy atom. The number of hydrogen-bond donors (Lipinski definition) is 0. The molecule has 0 aromatic rings. The van der Waals surface area contributed by atoms with Gasteiger partial charge >= 0.3 is 11.9 Å². The smallest absolute Gasteiger partial charge is 0.306 e. The highest BCUT2D eigenvalue weighted by molar-refractivity contribution is 7.45. The van der Waals surface area contributed by atoms with Crippen molar-refractivity contribution in [2.24, 2.45) is 0 Å². The number of carbonyl (C=O) groups excluding carboxylic acids is 2. The Morgan fingerprint density at radius 2 is 0.574 bits per heavy atom. The first-order valence-corrected chi connectivity index (χ1v) is 39.7. The van der Waals surface area contributed by atoms with Crippen molar-refractivity contribution in [3.8, 4) is 0 Å². The highest BCUT2D eigenvalue weighted by atomic mass is 31.2. The van der Waals surface area contributed by atoms with Gasteiger partial charge in [-0.3, -0.25) is 14.2 Å². The molecule has 9 nitrogen and oxygen atoms in total. The zero-order valence-electron chi connectivity index (χ0n) is 61.1. The summed E-state index contributed by atoms with van der Waals surface area (Å²) in [6, 6.07) is 0. The average Bonchev–Trinajstić information content (AvgIpc) is 1.65. The fourth-order valence-corrected chi connectivity index (χ4v) is 11.0. The van der Waals surface area contributed by atoms with Gasteiger partial charge in [0.2, 0.25) is 0 Å². The number of likely N-dealkylation sites (N-methyl/N-ethyl adjacent to an activating group) is 1. The van der Waals surface area contributed by atoms with E-state index in [1.165, 1.54) is 148 Å². The molecule has 0 spiro atoms. The Bertz CT molecular complexity index is 2150. The van der Waals surface area contributed by atoms with Crippen molar-refractivity contribution in [1.29, 1.82) is 0 Å². The molecule has 94 heavy (non-hydrogen) atoms. The zero-order valence-corrected chi connectivity index (χ0v) is 62.0. The lowest BCUT2D eigenvalue weighted by atomic mass is 10.0. The van der Waals surface area contributed by atoms with Crippen LogP contribution in [0.15, 0.2) is 158 Å². The second kappa shape index (κ2) is 72.9. The predicted octanol–water partition coefficient (Wildman–Crippen LogP) is 24.9. The summed E-state index contributed by atoms with van der Waals surface area (Å²) in [6.07, 6.45) is 109. The number of allylic oxidation sites excluding steroid dienone is 26. The number of nitrogens with zero attached hydrogens (tertiary/aromatic N) is 1. The van der Waals surface area contributed by atoms with Gasteiger partial charge in [-0.1, -0.05) is 332 Å². The topological polar surface area (TPSA) is 111 Å². The minimum atomic E-state index is -4.66. The van der Waals surface area contributed by atoms with Crippen LogP contribution in [-0.2, 0) is 32.7 Å². The summed E-state index contributed by atoms with van der Waals surface area (Å²) >= 11 is 0.